The molecule has 1 atom stereocenters. The van der Waals surface area contributed by atoms with E-state index in [-0.39, 0.29) is 17.6 Å². The minimum atomic E-state index is -0.453. The number of rotatable bonds is 7. The highest BCUT2D eigenvalue weighted by atomic mass is 16.6. The van der Waals surface area contributed by atoms with Gasteiger partial charge in [0.1, 0.15) is 0 Å². The number of nitrogens with zero attached hydrogens (tertiary/aromatic N) is 3. The van der Waals surface area contributed by atoms with Gasteiger partial charge in [0.05, 0.1) is 11.0 Å². The topological polar surface area (TPSA) is 78.7 Å². The molecular weight excluding hydrogens is 368 g/mol. The normalized spacial score (nSPS) is 15.1. The minimum Gasteiger partial charge on any atom is -0.378 e. The Bertz CT molecular complexity index is 874. The molecule has 1 aliphatic heterocycles. The van der Waals surface area contributed by atoms with Crippen LogP contribution in [0.3, 0.4) is 0 Å². The number of anilines is 1. The number of amides is 1. The van der Waals surface area contributed by atoms with E-state index in [2.05, 4.69) is 39.4 Å². The van der Waals surface area contributed by atoms with E-state index < -0.39 is 4.92 Å². The fourth-order valence-electron chi connectivity index (χ4n) is 3.86. The first kappa shape index (κ1) is 20.8. The molecule has 0 aliphatic carbocycles. The molecule has 1 amide bonds. The van der Waals surface area contributed by atoms with Crippen molar-refractivity contribution in [2.75, 3.05) is 38.6 Å². The molecular formula is C22H28N4O3. The molecule has 1 N–H and O–H groups in total. The summed E-state index contributed by atoms with van der Waals surface area (Å²) in [4.78, 5) is 27.9. The molecule has 1 fully saturated rings. The molecule has 154 valence electrons. The molecule has 2 aromatic carbocycles. The van der Waals surface area contributed by atoms with Gasteiger partial charge in [-0.1, -0.05) is 18.2 Å². The lowest BCUT2D eigenvalue weighted by Crippen LogP contribution is -2.37. The smallest absolute Gasteiger partial charge is 0.273 e. The molecule has 0 saturated carbocycles. The molecule has 7 heteroatoms. The summed E-state index contributed by atoms with van der Waals surface area (Å²) in [6.45, 7) is 4.09. The van der Waals surface area contributed by atoms with Gasteiger partial charge in [-0.15, -0.1) is 0 Å². The Morgan fingerprint density at radius 2 is 1.83 bits per heavy atom. The Labute approximate surface area is 171 Å². The molecule has 0 spiro atoms. The number of carbonyl (C=O) groups excluding carboxylic acids is 1. The van der Waals surface area contributed by atoms with Crippen molar-refractivity contribution in [1.29, 1.82) is 0 Å². The molecule has 0 aromatic heterocycles. The molecule has 7 nitrogen and oxygen atoms in total. The Balaban J connectivity index is 1.78. The maximum atomic E-state index is 12.8. The molecule has 29 heavy (non-hydrogen) atoms. The van der Waals surface area contributed by atoms with Gasteiger partial charge >= 0.3 is 0 Å². The Morgan fingerprint density at radius 1 is 1.17 bits per heavy atom. The van der Waals surface area contributed by atoms with E-state index >= 15 is 0 Å². The first-order chi connectivity index (χ1) is 13.9. The predicted molar refractivity (Wildman–Crippen MR) is 114 cm³/mol. The summed E-state index contributed by atoms with van der Waals surface area (Å²) in [6.07, 6.45) is 2.31. The van der Waals surface area contributed by atoms with Gasteiger partial charge in [-0.25, -0.2) is 0 Å². The summed E-state index contributed by atoms with van der Waals surface area (Å²) in [5.74, 6) is -0.277. The van der Waals surface area contributed by atoms with E-state index in [1.807, 2.05) is 14.1 Å². The average Bonchev–Trinajstić information content (AvgIpc) is 3.22. The molecule has 1 aliphatic rings. The number of benzene rings is 2. The second-order valence-corrected chi connectivity index (χ2v) is 7.66. The fourth-order valence-corrected chi connectivity index (χ4v) is 3.86. The maximum absolute atomic E-state index is 12.8. The number of nitro groups is 1. The SMILES string of the molecule is Cc1c(C(=O)NCC(c2ccc(N(C)C)cc2)N2CCCC2)cccc1[N+](=O)[O-]. The van der Waals surface area contributed by atoms with E-state index in [0.29, 0.717) is 17.7 Å². The highest BCUT2D eigenvalue weighted by Crippen LogP contribution is 2.27. The average molecular weight is 396 g/mol. The van der Waals surface area contributed by atoms with Gasteiger partial charge < -0.3 is 10.2 Å². The van der Waals surface area contributed by atoms with Gasteiger partial charge in [-0.3, -0.25) is 19.8 Å². The standard InChI is InChI=1S/C22H28N4O3/c1-16-19(7-6-8-20(16)26(28)29)22(27)23-15-21(25-13-4-5-14-25)17-9-11-18(12-10-17)24(2)3/h6-12,21H,4-5,13-15H2,1-3H3,(H,23,27). The third-order valence-electron chi connectivity index (χ3n) is 5.58. The second kappa shape index (κ2) is 9.05. The van der Waals surface area contributed by atoms with Crippen molar-refractivity contribution in [3.8, 4) is 0 Å². The van der Waals surface area contributed by atoms with Crippen molar-refractivity contribution >= 4 is 17.3 Å². The van der Waals surface area contributed by atoms with Gasteiger partial charge in [-0.05, 0) is 56.6 Å². The number of likely N-dealkylation sites (tertiary alicyclic amines) is 1. The predicted octanol–water partition coefficient (Wildman–Crippen LogP) is 3.54. The molecule has 0 bridgehead atoms. The van der Waals surface area contributed by atoms with Crippen LogP contribution in [-0.4, -0.2) is 49.5 Å². The Morgan fingerprint density at radius 3 is 2.41 bits per heavy atom. The van der Waals surface area contributed by atoms with Crippen LogP contribution in [-0.2, 0) is 0 Å². The number of carbonyl (C=O) groups is 1. The third-order valence-corrected chi connectivity index (χ3v) is 5.58. The first-order valence-corrected chi connectivity index (χ1v) is 9.92. The highest BCUT2D eigenvalue weighted by Gasteiger charge is 2.25. The molecule has 0 radical (unpaired) electrons. The third kappa shape index (κ3) is 4.74. The lowest BCUT2D eigenvalue weighted by molar-refractivity contribution is -0.385. The summed E-state index contributed by atoms with van der Waals surface area (Å²) >= 11 is 0. The number of nitro benzene ring substituents is 1. The Hall–Kier alpha value is -2.93. The number of nitrogens with one attached hydrogen (secondary N) is 1. The van der Waals surface area contributed by atoms with E-state index in [1.165, 1.54) is 6.07 Å². The summed E-state index contributed by atoms with van der Waals surface area (Å²) in [5, 5.41) is 14.2. The summed E-state index contributed by atoms with van der Waals surface area (Å²) < 4.78 is 0. The molecule has 1 heterocycles. The van der Waals surface area contributed by atoms with E-state index in [9.17, 15) is 14.9 Å². The highest BCUT2D eigenvalue weighted by molar-refractivity contribution is 5.96. The van der Waals surface area contributed by atoms with Crippen LogP contribution in [0.5, 0.6) is 0 Å². The van der Waals surface area contributed by atoms with Crippen molar-refractivity contribution in [3.05, 3.63) is 69.3 Å². The van der Waals surface area contributed by atoms with Gasteiger partial charge in [0.15, 0.2) is 0 Å². The molecule has 1 saturated heterocycles. The quantitative estimate of drug-likeness (QED) is 0.572. The first-order valence-electron chi connectivity index (χ1n) is 9.92. The lowest BCUT2D eigenvalue weighted by atomic mass is 10.0. The molecule has 2 aromatic rings. The zero-order valence-corrected chi connectivity index (χ0v) is 17.2. The summed E-state index contributed by atoms with van der Waals surface area (Å²) in [5.41, 5.74) is 3.00. The second-order valence-electron chi connectivity index (χ2n) is 7.66. The van der Waals surface area contributed by atoms with Gasteiger partial charge in [0.2, 0.25) is 0 Å². The number of hydrogen-bond acceptors (Lipinski definition) is 5. The lowest BCUT2D eigenvalue weighted by Gasteiger charge is -2.28. The Kier molecular flexibility index (Phi) is 6.49. The van der Waals surface area contributed by atoms with Crippen molar-refractivity contribution in [2.45, 2.75) is 25.8 Å². The van der Waals surface area contributed by atoms with Crippen LogP contribution in [0.15, 0.2) is 42.5 Å². The van der Waals surface area contributed by atoms with Crippen molar-refractivity contribution in [2.24, 2.45) is 0 Å². The van der Waals surface area contributed by atoms with Crippen LogP contribution in [0.25, 0.3) is 0 Å². The summed E-state index contributed by atoms with van der Waals surface area (Å²) in [6, 6.07) is 13.1. The van der Waals surface area contributed by atoms with Crippen molar-refractivity contribution in [1.82, 2.24) is 10.2 Å². The van der Waals surface area contributed by atoms with E-state index in [1.54, 1.807) is 19.1 Å². The zero-order chi connectivity index (χ0) is 21.0. The van der Waals surface area contributed by atoms with Crippen LogP contribution >= 0.6 is 0 Å². The largest absolute Gasteiger partial charge is 0.378 e. The van der Waals surface area contributed by atoms with Crippen LogP contribution in [0.2, 0.25) is 0 Å². The van der Waals surface area contributed by atoms with E-state index in [0.717, 1.165) is 37.2 Å². The zero-order valence-electron chi connectivity index (χ0n) is 17.2. The minimum absolute atomic E-state index is 0.0342. The van der Waals surface area contributed by atoms with Gasteiger partial charge in [0.25, 0.3) is 11.6 Å². The van der Waals surface area contributed by atoms with Gasteiger partial charge in [0, 0.05) is 43.5 Å². The van der Waals surface area contributed by atoms with Crippen LogP contribution in [0.4, 0.5) is 11.4 Å². The van der Waals surface area contributed by atoms with Gasteiger partial charge in [-0.2, -0.15) is 0 Å². The van der Waals surface area contributed by atoms with Crippen LogP contribution in [0.1, 0.15) is 40.4 Å². The monoisotopic (exact) mass is 396 g/mol. The van der Waals surface area contributed by atoms with Crippen LogP contribution in [0, 0.1) is 17.0 Å². The van der Waals surface area contributed by atoms with Crippen molar-refractivity contribution < 1.29 is 9.72 Å². The fraction of sp³-hybridized carbons (Fsp3) is 0.409. The molecule has 3 rings (SSSR count). The maximum Gasteiger partial charge on any atom is 0.273 e. The van der Waals surface area contributed by atoms with Crippen LogP contribution < -0.4 is 10.2 Å². The number of hydrogen-bond donors (Lipinski definition) is 1. The van der Waals surface area contributed by atoms with Crippen molar-refractivity contribution in [3.63, 3.8) is 0 Å². The summed E-state index contributed by atoms with van der Waals surface area (Å²) in [7, 11) is 4.02. The van der Waals surface area contributed by atoms with E-state index in [4.69, 9.17) is 0 Å². The molecule has 1 unspecified atom stereocenters.